The lowest BCUT2D eigenvalue weighted by Gasteiger charge is -2.26. The van der Waals surface area contributed by atoms with E-state index >= 15 is 0 Å². The number of hydrogen-bond donors (Lipinski definition) is 1. The summed E-state index contributed by atoms with van der Waals surface area (Å²) >= 11 is 6.24. The first kappa shape index (κ1) is 11.1. The number of nitrogens with zero attached hydrogens (tertiary/aromatic N) is 1. The molecule has 3 heteroatoms. The lowest BCUT2D eigenvalue weighted by atomic mass is 9.93. The molecule has 2 aromatic rings. The van der Waals surface area contributed by atoms with E-state index in [9.17, 15) is 0 Å². The Morgan fingerprint density at radius 3 is 2.94 bits per heavy atom. The van der Waals surface area contributed by atoms with Crippen LogP contribution in [0.4, 0.5) is 0 Å². The van der Waals surface area contributed by atoms with Crippen molar-refractivity contribution in [2.75, 3.05) is 0 Å². The molecule has 2 nitrogen and oxygen atoms in total. The number of benzene rings is 1. The summed E-state index contributed by atoms with van der Waals surface area (Å²) in [7, 11) is 2.06. The second kappa shape index (κ2) is 4.35. The molecule has 1 aromatic heterocycles. The number of aromatic nitrogens is 1. The van der Waals surface area contributed by atoms with Crippen molar-refractivity contribution in [3.63, 3.8) is 0 Å². The molecular formula is C14H17ClN2. The van der Waals surface area contributed by atoms with Gasteiger partial charge in [-0.2, -0.15) is 0 Å². The van der Waals surface area contributed by atoms with Crippen molar-refractivity contribution in [2.45, 2.75) is 31.8 Å². The average molecular weight is 249 g/mol. The molecular weight excluding hydrogens is 232 g/mol. The molecule has 1 aliphatic carbocycles. The van der Waals surface area contributed by atoms with Gasteiger partial charge in [0.25, 0.3) is 0 Å². The Bertz CT molecular complexity index is 540. The van der Waals surface area contributed by atoms with Crippen LogP contribution in [0, 0.1) is 0 Å². The maximum Gasteiger partial charge on any atom is 0.0670 e. The number of aryl methyl sites for hydroxylation is 1. The van der Waals surface area contributed by atoms with E-state index < -0.39 is 0 Å². The van der Waals surface area contributed by atoms with E-state index in [0.717, 1.165) is 23.1 Å². The third-order valence-electron chi connectivity index (χ3n) is 3.72. The lowest BCUT2D eigenvalue weighted by molar-refractivity contribution is 0.338. The maximum atomic E-state index is 6.24. The van der Waals surface area contributed by atoms with Gasteiger partial charge in [-0.15, -0.1) is 0 Å². The molecule has 0 aliphatic heterocycles. The van der Waals surface area contributed by atoms with Crippen LogP contribution in [-0.4, -0.2) is 10.6 Å². The van der Waals surface area contributed by atoms with Crippen LogP contribution in [0.15, 0.2) is 24.4 Å². The van der Waals surface area contributed by atoms with Crippen LogP contribution in [0.1, 0.15) is 24.8 Å². The highest BCUT2D eigenvalue weighted by atomic mass is 35.5. The van der Waals surface area contributed by atoms with E-state index in [4.69, 9.17) is 11.6 Å². The maximum absolute atomic E-state index is 6.24. The second-order valence-electron chi connectivity index (χ2n) is 4.91. The summed E-state index contributed by atoms with van der Waals surface area (Å²) in [6.07, 6.45) is 6.21. The number of para-hydroxylation sites is 1. The molecule has 1 aromatic carbocycles. The van der Waals surface area contributed by atoms with Gasteiger partial charge in [0.1, 0.15) is 0 Å². The largest absolute Gasteiger partial charge is 0.349 e. The SMILES string of the molecule is Cn1cc(CNC2CCC2)c2cccc(Cl)c21. The topological polar surface area (TPSA) is 17.0 Å². The van der Waals surface area contributed by atoms with Crippen LogP contribution in [0.25, 0.3) is 10.9 Å². The normalized spacial score (nSPS) is 16.4. The van der Waals surface area contributed by atoms with Gasteiger partial charge in [0.15, 0.2) is 0 Å². The molecule has 0 saturated heterocycles. The lowest BCUT2D eigenvalue weighted by Crippen LogP contribution is -2.34. The summed E-state index contributed by atoms with van der Waals surface area (Å²) in [4.78, 5) is 0. The smallest absolute Gasteiger partial charge is 0.0670 e. The Morgan fingerprint density at radius 2 is 2.24 bits per heavy atom. The summed E-state index contributed by atoms with van der Waals surface area (Å²) in [5, 5.41) is 5.71. The van der Waals surface area contributed by atoms with Gasteiger partial charge in [0.2, 0.25) is 0 Å². The Balaban J connectivity index is 1.90. The molecule has 90 valence electrons. The summed E-state index contributed by atoms with van der Waals surface area (Å²) in [6.45, 7) is 0.947. The third kappa shape index (κ3) is 1.96. The molecule has 1 saturated carbocycles. The highest BCUT2D eigenvalue weighted by molar-refractivity contribution is 6.35. The minimum Gasteiger partial charge on any atom is -0.349 e. The zero-order valence-corrected chi connectivity index (χ0v) is 10.8. The number of fused-ring (bicyclic) bond motifs is 1. The molecule has 1 aliphatic rings. The standard InChI is InChI=1S/C14H17ClN2/c1-17-9-10(8-16-11-4-2-5-11)12-6-3-7-13(15)14(12)17/h3,6-7,9,11,16H,2,4-5,8H2,1H3. The molecule has 0 atom stereocenters. The van der Waals surface area contributed by atoms with Crippen LogP contribution in [0.3, 0.4) is 0 Å². The van der Waals surface area contributed by atoms with E-state index in [2.05, 4.69) is 29.2 Å². The van der Waals surface area contributed by atoms with Crippen LogP contribution in [0.2, 0.25) is 5.02 Å². The minimum absolute atomic E-state index is 0.726. The molecule has 1 fully saturated rings. The zero-order chi connectivity index (χ0) is 11.8. The quantitative estimate of drug-likeness (QED) is 0.880. The number of halogens is 1. The molecule has 17 heavy (non-hydrogen) atoms. The van der Waals surface area contributed by atoms with Gasteiger partial charge in [0, 0.05) is 31.2 Å². The summed E-state index contributed by atoms with van der Waals surface area (Å²) < 4.78 is 2.12. The fraction of sp³-hybridized carbons (Fsp3) is 0.429. The van der Waals surface area contributed by atoms with E-state index in [1.54, 1.807) is 0 Å². The fourth-order valence-corrected chi connectivity index (χ4v) is 2.82. The molecule has 0 spiro atoms. The van der Waals surface area contributed by atoms with Crippen LogP contribution in [0.5, 0.6) is 0 Å². The van der Waals surface area contributed by atoms with Gasteiger partial charge >= 0.3 is 0 Å². The Hall–Kier alpha value is -0.990. The summed E-state index contributed by atoms with van der Waals surface area (Å²) in [6, 6.07) is 6.85. The average Bonchev–Trinajstić information content (AvgIpc) is 2.55. The zero-order valence-electron chi connectivity index (χ0n) is 10.0. The van der Waals surface area contributed by atoms with E-state index in [-0.39, 0.29) is 0 Å². The van der Waals surface area contributed by atoms with Gasteiger partial charge in [-0.25, -0.2) is 0 Å². The van der Waals surface area contributed by atoms with Crippen molar-refractivity contribution >= 4 is 22.5 Å². The highest BCUT2D eigenvalue weighted by Crippen LogP contribution is 2.28. The van der Waals surface area contributed by atoms with Crippen molar-refractivity contribution < 1.29 is 0 Å². The van der Waals surface area contributed by atoms with Crippen molar-refractivity contribution in [1.82, 2.24) is 9.88 Å². The molecule has 0 amide bonds. The first-order valence-electron chi connectivity index (χ1n) is 6.21. The molecule has 0 bridgehead atoms. The van der Waals surface area contributed by atoms with Gasteiger partial charge in [-0.3, -0.25) is 0 Å². The van der Waals surface area contributed by atoms with Gasteiger partial charge in [-0.05, 0) is 24.5 Å². The first-order valence-corrected chi connectivity index (χ1v) is 6.59. The first-order chi connectivity index (χ1) is 8.25. The monoisotopic (exact) mass is 248 g/mol. The molecule has 1 N–H and O–H groups in total. The van der Waals surface area contributed by atoms with Gasteiger partial charge in [0.05, 0.1) is 10.5 Å². The molecule has 1 heterocycles. The minimum atomic E-state index is 0.726. The van der Waals surface area contributed by atoms with Crippen molar-refractivity contribution in [3.05, 3.63) is 35.0 Å². The molecule has 0 unspecified atom stereocenters. The van der Waals surface area contributed by atoms with Gasteiger partial charge < -0.3 is 9.88 Å². The van der Waals surface area contributed by atoms with Crippen molar-refractivity contribution in [1.29, 1.82) is 0 Å². The van der Waals surface area contributed by atoms with Crippen molar-refractivity contribution in [3.8, 4) is 0 Å². The Morgan fingerprint density at radius 1 is 1.41 bits per heavy atom. The van der Waals surface area contributed by atoms with Crippen LogP contribution < -0.4 is 5.32 Å². The summed E-state index contributed by atoms with van der Waals surface area (Å²) in [5.41, 5.74) is 2.48. The molecule has 0 radical (unpaired) electrons. The number of nitrogens with one attached hydrogen (secondary N) is 1. The number of rotatable bonds is 3. The predicted octanol–water partition coefficient (Wildman–Crippen LogP) is 3.47. The Kier molecular flexibility index (Phi) is 2.85. The van der Waals surface area contributed by atoms with E-state index in [0.29, 0.717) is 0 Å². The van der Waals surface area contributed by atoms with Crippen LogP contribution in [-0.2, 0) is 13.6 Å². The van der Waals surface area contributed by atoms with Gasteiger partial charge in [-0.1, -0.05) is 30.2 Å². The highest BCUT2D eigenvalue weighted by Gasteiger charge is 2.17. The predicted molar refractivity (Wildman–Crippen MR) is 72.4 cm³/mol. The summed E-state index contributed by atoms with van der Waals surface area (Å²) in [5.74, 6) is 0. The fourth-order valence-electron chi connectivity index (χ4n) is 2.51. The Labute approximate surface area is 107 Å². The van der Waals surface area contributed by atoms with Crippen LogP contribution >= 0.6 is 11.6 Å². The number of hydrogen-bond acceptors (Lipinski definition) is 1. The second-order valence-corrected chi connectivity index (χ2v) is 5.32. The third-order valence-corrected chi connectivity index (χ3v) is 4.03. The van der Waals surface area contributed by atoms with E-state index in [1.807, 2.05) is 12.1 Å². The van der Waals surface area contributed by atoms with E-state index in [1.165, 1.54) is 30.2 Å². The van der Waals surface area contributed by atoms with Crippen molar-refractivity contribution in [2.24, 2.45) is 7.05 Å². The molecule has 3 rings (SSSR count).